The van der Waals surface area contributed by atoms with Gasteiger partial charge in [-0.2, -0.15) is 0 Å². The molecule has 2 aromatic rings. The zero-order valence-corrected chi connectivity index (χ0v) is 15.1. The Bertz CT molecular complexity index is 823. The molecule has 0 aliphatic rings. The number of anilines is 1. The predicted octanol–water partition coefficient (Wildman–Crippen LogP) is 2.86. The van der Waals surface area contributed by atoms with E-state index >= 15 is 0 Å². The van der Waals surface area contributed by atoms with E-state index < -0.39 is 22.0 Å². The predicted molar refractivity (Wildman–Crippen MR) is 96.2 cm³/mol. The van der Waals surface area contributed by atoms with Crippen molar-refractivity contribution >= 4 is 21.6 Å². The molecule has 1 amide bonds. The quantitative estimate of drug-likeness (QED) is 0.857. The van der Waals surface area contributed by atoms with Crippen LogP contribution in [0.3, 0.4) is 0 Å². The molecule has 0 spiro atoms. The van der Waals surface area contributed by atoms with E-state index in [0.29, 0.717) is 5.69 Å². The fourth-order valence-electron chi connectivity index (χ4n) is 2.55. The van der Waals surface area contributed by atoms with Gasteiger partial charge in [0.05, 0.1) is 18.0 Å². The lowest BCUT2D eigenvalue weighted by Gasteiger charge is -2.29. The van der Waals surface area contributed by atoms with Gasteiger partial charge in [0.1, 0.15) is 11.9 Å². The lowest BCUT2D eigenvalue weighted by molar-refractivity contribution is -0.122. The summed E-state index contributed by atoms with van der Waals surface area (Å²) >= 11 is 0. The highest BCUT2D eigenvalue weighted by atomic mass is 32.2. The summed E-state index contributed by atoms with van der Waals surface area (Å²) in [4.78, 5) is 12.6. The van der Waals surface area contributed by atoms with Crippen molar-refractivity contribution in [3.05, 3.63) is 66.0 Å². The van der Waals surface area contributed by atoms with Crippen LogP contribution in [0.5, 0.6) is 0 Å². The van der Waals surface area contributed by atoms with Gasteiger partial charge >= 0.3 is 0 Å². The van der Waals surface area contributed by atoms with Crippen molar-refractivity contribution in [1.82, 2.24) is 5.32 Å². The van der Waals surface area contributed by atoms with Crippen molar-refractivity contribution in [3.63, 3.8) is 0 Å². The summed E-state index contributed by atoms with van der Waals surface area (Å²) in [5, 5.41) is 2.77. The molecule has 0 heterocycles. The number of sulfonamides is 1. The number of amides is 1. The van der Waals surface area contributed by atoms with Crippen molar-refractivity contribution in [2.24, 2.45) is 0 Å². The maximum absolute atomic E-state index is 13.0. The van der Waals surface area contributed by atoms with Gasteiger partial charge < -0.3 is 5.32 Å². The van der Waals surface area contributed by atoms with Crippen molar-refractivity contribution in [2.45, 2.75) is 25.9 Å². The molecule has 0 aliphatic carbocycles. The highest BCUT2D eigenvalue weighted by Crippen LogP contribution is 2.21. The fourth-order valence-corrected chi connectivity index (χ4v) is 3.73. The van der Waals surface area contributed by atoms with E-state index in [9.17, 15) is 17.6 Å². The number of carbonyl (C=O) groups is 1. The third-order valence-electron chi connectivity index (χ3n) is 3.83. The number of rotatable bonds is 6. The summed E-state index contributed by atoms with van der Waals surface area (Å²) in [6, 6.07) is 12.9. The Morgan fingerprint density at radius 1 is 1.04 bits per heavy atom. The smallest absolute Gasteiger partial charge is 0.244 e. The lowest BCUT2D eigenvalue weighted by Crippen LogP contribution is -2.48. The second-order valence-corrected chi connectivity index (χ2v) is 7.71. The average molecular weight is 364 g/mol. The Hall–Kier alpha value is -2.41. The minimum Gasteiger partial charge on any atom is -0.348 e. The van der Waals surface area contributed by atoms with Crippen LogP contribution in [0.1, 0.15) is 25.5 Å². The number of nitrogens with zero attached hydrogens (tertiary/aromatic N) is 1. The second kappa shape index (κ2) is 7.65. The zero-order valence-electron chi connectivity index (χ0n) is 14.3. The van der Waals surface area contributed by atoms with Crippen molar-refractivity contribution in [2.75, 3.05) is 10.6 Å². The Balaban J connectivity index is 2.20. The molecule has 1 N–H and O–H groups in total. The number of nitrogens with one attached hydrogen (secondary N) is 1. The molecule has 5 nitrogen and oxygen atoms in total. The lowest BCUT2D eigenvalue weighted by atomic mass is 10.1. The molecule has 25 heavy (non-hydrogen) atoms. The van der Waals surface area contributed by atoms with Gasteiger partial charge in [-0.3, -0.25) is 9.10 Å². The van der Waals surface area contributed by atoms with Gasteiger partial charge in [0, 0.05) is 0 Å². The van der Waals surface area contributed by atoms with Crippen LogP contribution < -0.4 is 9.62 Å². The molecular formula is C18H21FN2O3S. The first-order chi connectivity index (χ1) is 11.7. The van der Waals surface area contributed by atoms with E-state index in [1.54, 1.807) is 49.4 Å². The Labute approximate surface area is 147 Å². The first-order valence-electron chi connectivity index (χ1n) is 7.80. The molecule has 2 aromatic carbocycles. The Morgan fingerprint density at radius 3 is 2.12 bits per heavy atom. The van der Waals surface area contributed by atoms with Crippen LogP contribution in [-0.2, 0) is 14.8 Å². The molecule has 0 saturated carbocycles. The first-order valence-corrected chi connectivity index (χ1v) is 9.65. The SMILES string of the molecule is C[C@H](NC(=O)[C@@H](C)N(c1ccccc1)S(C)(=O)=O)c1ccc(F)cc1. The van der Waals surface area contributed by atoms with Crippen LogP contribution in [0.2, 0.25) is 0 Å². The third kappa shape index (κ3) is 4.79. The molecule has 0 fully saturated rings. The molecule has 0 radical (unpaired) electrons. The summed E-state index contributed by atoms with van der Waals surface area (Å²) in [7, 11) is -3.65. The van der Waals surface area contributed by atoms with Crippen LogP contribution in [0.25, 0.3) is 0 Å². The molecule has 0 aliphatic heterocycles. The van der Waals surface area contributed by atoms with E-state index in [1.807, 2.05) is 0 Å². The maximum atomic E-state index is 13.0. The Kier molecular flexibility index (Phi) is 5.79. The second-order valence-electron chi connectivity index (χ2n) is 5.85. The monoisotopic (exact) mass is 364 g/mol. The molecular weight excluding hydrogens is 343 g/mol. The highest BCUT2D eigenvalue weighted by molar-refractivity contribution is 7.92. The number of carbonyl (C=O) groups excluding carboxylic acids is 1. The van der Waals surface area contributed by atoms with E-state index in [1.165, 1.54) is 19.1 Å². The molecule has 0 bridgehead atoms. The number of benzene rings is 2. The molecule has 0 aromatic heterocycles. The number of para-hydroxylation sites is 1. The number of hydrogen-bond acceptors (Lipinski definition) is 3. The molecule has 2 atom stereocenters. The molecule has 7 heteroatoms. The molecule has 2 rings (SSSR count). The van der Waals surface area contributed by atoms with Crippen molar-refractivity contribution in [1.29, 1.82) is 0 Å². The van der Waals surface area contributed by atoms with Crippen LogP contribution >= 0.6 is 0 Å². The first kappa shape index (κ1) is 18.9. The zero-order chi connectivity index (χ0) is 18.6. The highest BCUT2D eigenvalue weighted by Gasteiger charge is 2.29. The van der Waals surface area contributed by atoms with Crippen LogP contribution in [0.15, 0.2) is 54.6 Å². The van der Waals surface area contributed by atoms with Crippen molar-refractivity contribution < 1.29 is 17.6 Å². The average Bonchev–Trinajstić information content (AvgIpc) is 2.55. The van der Waals surface area contributed by atoms with Gasteiger partial charge in [0.2, 0.25) is 15.9 Å². The van der Waals surface area contributed by atoms with E-state index in [2.05, 4.69) is 5.32 Å². The van der Waals surface area contributed by atoms with Gasteiger partial charge in [-0.25, -0.2) is 12.8 Å². The Morgan fingerprint density at radius 2 is 1.60 bits per heavy atom. The van der Waals surface area contributed by atoms with Crippen LogP contribution in [0.4, 0.5) is 10.1 Å². The minimum atomic E-state index is -3.65. The summed E-state index contributed by atoms with van der Waals surface area (Å²) in [6.45, 7) is 3.28. The van der Waals surface area contributed by atoms with Gasteiger partial charge in [-0.1, -0.05) is 30.3 Å². The standard InChI is InChI=1S/C18H21FN2O3S/c1-13(15-9-11-16(19)12-10-15)20-18(22)14(2)21(25(3,23)24)17-7-5-4-6-8-17/h4-14H,1-3H3,(H,20,22)/t13-,14+/m0/s1. The van der Waals surface area contributed by atoms with Crippen LogP contribution in [-0.4, -0.2) is 26.6 Å². The maximum Gasteiger partial charge on any atom is 0.244 e. The minimum absolute atomic E-state index is 0.358. The third-order valence-corrected chi connectivity index (χ3v) is 5.07. The van der Waals surface area contributed by atoms with E-state index in [-0.39, 0.29) is 11.9 Å². The van der Waals surface area contributed by atoms with Gasteiger partial charge in [0.15, 0.2) is 0 Å². The van der Waals surface area contributed by atoms with Gasteiger partial charge in [-0.15, -0.1) is 0 Å². The molecule has 134 valence electrons. The summed E-state index contributed by atoms with van der Waals surface area (Å²) < 4.78 is 38.4. The van der Waals surface area contributed by atoms with Gasteiger partial charge in [0.25, 0.3) is 0 Å². The molecule has 0 unspecified atom stereocenters. The van der Waals surface area contributed by atoms with Crippen molar-refractivity contribution in [3.8, 4) is 0 Å². The summed E-state index contributed by atoms with van der Waals surface area (Å²) in [5.74, 6) is -0.797. The number of hydrogen-bond donors (Lipinski definition) is 1. The van der Waals surface area contributed by atoms with Gasteiger partial charge in [-0.05, 0) is 43.7 Å². The summed E-state index contributed by atoms with van der Waals surface area (Å²) in [6.07, 6.45) is 1.06. The topological polar surface area (TPSA) is 66.5 Å². The summed E-state index contributed by atoms with van der Waals surface area (Å²) in [5.41, 5.74) is 1.15. The number of halogens is 1. The normalized spacial score (nSPS) is 13.8. The van der Waals surface area contributed by atoms with Crippen LogP contribution in [0, 0.1) is 5.82 Å². The van der Waals surface area contributed by atoms with E-state index in [4.69, 9.17) is 0 Å². The molecule has 0 saturated heterocycles. The largest absolute Gasteiger partial charge is 0.348 e. The fraction of sp³-hybridized carbons (Fsp3) is 0.278. The van der Waals surface area contributed by atoms with E-state index in [0.717, 1.165) is 16.1 Å².